The normalized spacial score (nSPS) is 32.5. The first-order valence-corrected chi connectivity index (χ1v) is 8.28. The summed E-state index contributed by atoms with van der Waals surface area (Å²) in [4.78, 5) is 0. The zero-order valence-electron chi connectivity index (χ0n) is 11.6. The molecular formula is C17H23BrO. The van der Waals surface area contributed by atoms with Crippen LogP contribution in [0.2, 0.25) is 0 Å². The van der Waals surface area contributed by atoms with E-state index in [1.54, 1.807) is 0 Å². The van der Waals surface area contributed by atoms with E-state index in [0.29, 0.717) is 0 Å². The molecule has 0 saturated heterocycles. The molecule has 2 saturated carbocycles. The fourth-order valence-electron chi connectivity index (χ4n) is 4.31. The van der Waals surface area contributed by atoms with Crippen LogP contribution in [0.1, 0.15) is 44.6 Å². The van der Waals surface area contributed by atoms with E-state index in [-0.39, 0.29) is 0 Å². The Morgan fingerprint density at radius 3 is 2.53 bits per heavy atom. The molecule has 2 heteroatoms. The molecule has 0 aliphatic heterocycles. The average Bonchev–Trinajstić information content (AvgIpc) is 2.93. The Balaban J connectivity index is 1.61. The third-order valence-electron chi connectivity index (χ3n) is 5.08. The third kappa shape index (κ3) is 3.22. The van der Waals surface area contributed by atoms with E-state index in [0.717, 1.165) is 35.1 Å². The minimum Gasteiger partial charge on any atom is -0.390 e. The van der Waals surface area contributed by atoms with Crippen molar-refractivity contribution in [3.63, 3.8) is 0 Å². The highest BCUT2D eigenvalue weighted by atomic mass is 79.9. The number of hydrogen-bond acceptors (Lipinski definition) is 1. The van der Waals surface area contributed by atoms with Gasteiger partial charge in [-0.2, -0.15) is 0 Å². The van der Waals surface area contributed by atoms with Gasteiger partial charge in [-0.3, -0.25) is 0 Å². The van der Waals surface area contributed by atoms with Gasteiger partial charge in [-0.25, -0.2) is 0 Å². The zero-order valence-corrected chi connectivity index (χ0v) is 13.2. The lowest BCUT2D eigenvalue weighted by atomic mass is 9.79. The molecular weight excluding hydrogens is 300 g/mol. The molecule has 1 aromatic rings. The second kappa shape index (κ2) is 5.21. The number of rotatable bonds is 4. The van der Waals surface area contributed by atoms with Crippen LogP contribution < -0.4 is 0 Å². The summed E-state index contributed by atoms with van der Waals surface area (Å²) in [5, 5.41) is 10.7. The predicted octanol–water partition coefficient (Wildman–Crippen LogP) is 4.57. The van der Waals surface area contributed by atoms with Crippen molar-refractivity contribution in [2.24, 2.45) is 17.8 Å². The second-order valence-electron chi connectivity index (χ2n) is 6.94. The molecule has 2 fully saturated rings. The molecule has 0 amide bonds. The molecule has 2 bridgehead atoms. The summed E-state index contributed by atoms with van der Waals surface area (Å²) in [5.74, 6) is 2.64. The molecule has 2 aliphatic rings. The minimum absolute atomic E-state index is 0.553. The lowest BCUT2D eigenvalue weighted by Gasteiger charge is -2.31. The number of benzene rings is 1. The van der Waals surface area contributed by atoms with Gasteiger partial charge in [0.2, 0.25) is 0 Å². The predicted molar refractivity (Wildman–Crippen MR) is 82.0 cm³/mol. The van der Waals surface area contributed by atoms with Gasteiger partial charge < -0.3 is 5.11 Å². The molecule has 0 spiro atoms. The van der Waals surface area contributed by atoms with Gasteiger partial charge in [0.25, 0.3) is 0 Å². The molecule has 4 unspecified atom stereocenters. The van der Waals surface area contributed by atoms with Crippen molar-refractivity contribution < 1.29 is 5.11 Å². The van der Waals surface area contributed by atoms with E-state index in [1.165, 1.54) is 31.2 Å². The molecule has 1 nitrogen and oxygen atoms in total. The van der Waals surface area contributed by atoms with Crippen LogP contribution in [0.3, 0.4) is 0 Å². The first-order chi connectivity index (χ1) is 9.02. The van der Waals surface area contributed by atoms with Crippen LogP contribution in [0.25, 0.3) is 0 Å². The first-order valence-electron chi connectivity index (χ1n) is 7.49. The van der Waals surface area contributed by atoms with Crippen molar-refractivity contribution in [1.29, 1.82) is 0 Å². The van der Waals surface area contributed by atoms with Crippen LogP contribution in [0.5, 0.6) is 0 Å². The van der Waals surface area contributed by atoms with Crippen LogP contribution in [0.15, 0.2) is 28.7 Å². The first kappa shape index (κ1) is 13.6. The van der Waals surface area contributed by atoms with E-state index < -0.39 is 5.60 Å². The Bertz CT molecular complexity index is 437. The van der Waals surface area contributed by atoms with Gasteiger partial charge in [0.05, 0.1) is 5.60 Å². The van der Waals surface area contributed by atoms with E-state index in [2.05, 4.69) is 40.2 Å². The summed E-state index contributed by atoms with van der Waals surface area (Å²) < 4.78 is 1.10. The van der Waals surface area contributed by atoms with Gasteiger partial charge in [-0.1, -0.05) is 34.5 Å². The second-order valence-corrected chi connectivity index (χ2v) is 7.85. The highest BCUT2D eigenvalue weighted by Gasteiger charge is 2.41. The summed E-state index contributed by atoms with van der Waals surface area (Å²) in [5.41, 5.74) is 0.680. The fraction of sp³-hybridized carbons (Fsp3) is 0.647. The van der Waals surface area contributed by atoms with E-state index >= 15 is 0 Å². The summed E-state index contributed by atoms with van der Waals surface area (Å²) >= 11 is 3.46. The molecule has 2 aliphatic carbocycles. The average molecular weight is 323 g/mol. The maximum atomic E-state index is 10.7. The van der Waals surface area contributed by atoms with Gasteiger partial charge in [0.15, 0.2) is 0 Å². The van der Waals surface area contributed by atoms with Gasteiger partial charge in [0, 0.05) is 10.9 Å². The third-order valence-corrected chi connectivity index (χ3v) is 5.61. The Labute approximate surface area is 124 Å². The molecule has 1 N–H and O–H groups in total. The van der Waals surface area contributed by atoms with Crippen molar-refractivity contribution in [2.75, 3.05) is 0 Å². The molecule has 3 rings (SSSR count). The summed E-state index contributed by atoms with van der Waals surface area (Å²) in [6.45, 7) is 2.01. The monoisotopic (exact) mass is 322 g/mol. The van der Waals surface area contributed by atoms with Crippen LogP contribution in [0.4, 0.5) is 0 Å². The lowest BCUT2D eigenvalue weighted by Crippen LogP contribution is -2.32. The van der Waals surface area contributed by atoms with E-state index in [4.69, 9.17) is 0 Å². The maximum absolute atomic E-state index is 10.7. The lowest BCUT2D eigenvalue weighted by molar-refractivity contribution is 0.0246. The molecule has 0 radical (unpaired) electrons. The molecule has 0 heterocycles. The zero-order chi connectivity index (χ0) is 13.5. The van der Waals surface area contributed by atoms with Crippen molar-refractivity contribution in [1.82, 2.24) is 0 Å². The summed E-state index contributed by atoms with van der Waals surface area (Å²) in [6.07, 6.45) is 7.39. The highest BCUT2D eigenvalue weighted by Crippen LogP contribution is 2.50. The van der Waals surface area contributed by atoms with Crippen molar-refractivity contribution in [2.45, 2.75) is 51.0 Å². The van der Waals surface area contributed by atoms with Crippen molar-refractivity contribution in [3.05, 3.63) is 34.3 Å². The maximum Gasteiger partial charge on any atom is 0.0662 e. The van der Waals surface area contributed by atoms with Crippen LogP contribution in [-0.2, 0) is 6.42 Å². The Morgan fingerprint density at radius 2 is 1.95 bits per heavy atom. The number of halogens is 1. The van der Waals surface area contributed by atoms with Gasteiger partial charge in [-0.15, -0.1) is 0 Å². The Hall–Kier alpha value is -0.340. The van der Waals surface area contributed by atoms with Crippen molar-refractivity contribution in [3.8, 4) is 0 Å². The molecule has 1 aromatic carbocycles. The molecule has 0 aromatic heterocycles. The Morgan fingerprint density at radius 1 is 1.21 bits per heavy atom. The summed E-state index contributed by atoms with van der Waals surface area (Å²) in [6, 6.07) is 8.34. The molecule has 19 heavy (non-hydrogen) atoms. The number of fused-ring (bicyclic) bond motifs is 2. The summed E-state index contributed by atoms with van der Waals surface area (Å²) in [7, 11) is 0. The number of hydrogen-bond donors (Lipinski definition) is 1. The smallest absolute Gasteiger partial charge is 0.0662 e. The van der Waals surface area contributed by atoms with Crippen molar-refractivity contribution >= 4 is 15.9 Å². The topological polar surface area (TPSA) is 20.2 Å². The fourth-order valence-corrected chi connectivity index (χ4v) is 4.57. The highest BCUT2D eigenvalue weighted by molar-refractivity contribution is 9.10. The van der Waals surface area contributed by atoms with E-state index in [9.17, 15) is 5.11 Å². The van der Waals surface area contributed by atoms with Crippen LogP contribution in [0, 0.1) is 17.8 Å². The van der Waals surface area contributed by atoms with Gasteiger partial charge in [-0.05, 0) is 68.1 Å². The van der Waals surface area contributed by atoms with Crippen LogP contribution in [-0.4, -0.2) is 10.7 Å². The Kier molecular flexibility index (Phi) is 3.74. The molecule has 4 atom stereocenters. The minimum atomic E-state index is -0.553. The molecule has 104 valence electrons. The van der Waals surface area contributed by atoms with Crippen LogP contribution >= 0.6 is 15.9 Å². The SMILES string of the molecule is CC(O)(Cc1ccc(Br)cc1)CC1CC2CCC1C2. The quantitative estimate of drug-likeness (QED) is 0.860. The van der Waals surface area contributed by atoms with Gasteiger partial charge in [0.1, 0.15) is 0 Å². The number of aliphatic hydroxyl groups is 1. The standard InChI is InChI=1S/C17H23BrO/c1-17(19,10-12-3-6-16(18)7-4-12)11-15-9-13-2-5-14(15)8-13/h3-4,6-7,13-15,19H,2,5,8-11H2,1H3. The van der Waals surface area contributed by atoms with Gasteiger partial charge >= 0.3 is 0 Å². The largest absolute Gasteiger partial charge is 0.390 e. The van der Waals surface area contributed by atoms with E-state index in [1.807, 2.05) is 6.92 Å².